The summed E-state index contributed by atoms with van der Waals surface area (Å²) in [6.45, 7) is 3.02. The molecule has 0 unspecified atom stereocenters. The standard InChI is InChI=1S/C18H20FN5O2/c1-10-7-11(3-5-20-10)12-9-15-13(8-14(12)19)17(22-23(15)2)24-6-4-16(25)21-18(24)26/h3,8-10,20H,4-7H2,1-2H3,(H,21,25,26)/t10-/m1/s1. The number of hydrogen-bond donors (Lipinski definition) is 2. The number of rotatable bonds is 2. The molecule has 136 valence electrons. The summed E-state index contributed by atoms with van der Waals surface area (Å²) in [6, 6.07) is 2.99. The predicted octanol–water partition coefficient (Wildman–Crippen LogP) is 1.92. The van der Waals surface area contributed by atoms with Crippen molar-refractivity contribution in [2.45, 2.75) is 25.8 Å². The first-order valence-electron chi connectivity index (χ1n) is 8.64. The van der Waals surface area contributed by atoms with E-state index in [1.165, 1.54) is 11.0 Å². The van der Waals surface area contributed by atoms with E-state index in [1.807, 2.05) is 6.08 Å². The Morgan fingerprint density at radius 1 is 1.31 bits per heavy atom. The lowest BCUT2D eigenvalue weighted by Crippen LogP contribution is -2.49. The molecule has 0 aliphatic carbocycles. The molecule has 3 amide bonds. The van der Waals surface area contributed by atoms with Gasteiger partial charge >= 0.3 is 6.03 Å². The Hall–Kier alpha value is -2.74. The summed E-state index contributed by atoms with van der Waals surface area (Å²) in [7, 11) is 1.76. The van der Waals surface area contributed by atoms with E-state index >= 15 is 0 Å². The van der Waals surface area contributed by atoms with Crippen LogP contribution in [-0.2, 0) is 11.8 Å². The van der Waals surface area contributed by atoms with Gasteiger partial charge in [-0.05, 0) is 31.1 Å². The molecule has 1 atom stereocenters. The Kier molecular flexibility index (Phi) is 3.99. The van der Waals surface area contributed by atoms with Gasteiger partial charge in [0.25, 0.3) is 0 Å². The zero-order valence-electron chi connectivity index (χ0n) is 14.7. The largest absolute Gasteiger partial charge is 0.329 e. The van der Waals surface area contributed by atoms with Crippen LogP contribution in [0.15, 0.2) is 18.2 Å². The lowest BCUT2D eigenvalue weighted by molar-refractivity contribution is -0.120. The molecule has 26 heavy (non-hydrogen) atoms. The molecule has 1 aromatic carbocycles. The number of halogens is 1. The van der Waals surface area contributed by atoms with E-state index in [1.54, 1.807) is 17.8 Å². The fourth-order valence-electron chi connectivity index (χ4n) is 3.56. The molecule has 1 saturated heterocycles. The van der Waals surface area contributed by atoms with Crippen molar-refractivity contribution in [3.05, 3.63) is 29.6 Å². The van der Waals surface area contributed by atoms with Crippen LogP contribution in [0.25, 0.3) is 16.5 Å². The quantitative estimate of drug-likeness (QED) is 0.861. The molecule has 1 fully saturated rings. The van der Waals surface area contributed by atoms with Crippen molar-refractivity contribution >= 4 is 34.2 Å². The van der Waals surface area contributed by atoms with Gasteiger partial charge in [-0.1, -0.05) is 6.08 Å². The van der Waals surface area contributed by atoms with Crippen molar-refractivity contribution in [1.29, 1.82) is 0 Å². The molecule has 2 aliphatic rings. The molecule has 0 bridgehead atoms. The summed E-state index contributed by atoms with van der Waals surface area (Å²) < 4.78 is 16.5. The van der Waals surface area contributed by atoms with Gasteiger partial charge in [-0.25, -0.2) is 9.18 Å². The first-order chi connectivity index (χ1) is 12.4. The normalized spacial score (nSPS) is 21.1. The van der Waals surface area contributed by atoms with Crippen molar-refractivity contribution in [2.24, 2.45) is 7.05 Å². The molecule has 4 rings (SSSR count). The first kappa shape index (κ1) is 16.7. The van der Waals surface area contributed by atoms with Gasteiger partial charge in [-0.3, -0.25) is 19.7 Å². The third-order valence-corrected chi connectivity index (χ3v) is 4.92. The molecule has 1 aromatic heterocycles. The van der Waals surface area contributed by atoms with E-state index in [-0.39, 0.29) is 24.7 Å². The van der Waals surface area contributed by atoms with Gasteiger partial charge in [0.1, 0.15) is 5.82 Å². The number of carbonyl (C=O) groups is 2. The topological polar surface area (TPSA) is 79.3 Å². The number of imide groups is 1. The van der Waals surface area contributed by atoms with Crippen molar-refractivity contribution < 1.29 is 14.0 Å². The minimum atomic E-state index is -0.527. The second kappa shape index (κ2) is 6.21. The summed E-state index contributed by atoms with van der Waals surface area (Å²) in [5.74, 6) is -0.280. The number of amides is 3. The first-order valence-corrected chi connectivity index (χ1v) is 8.64. The van der Waals surface area contributed by atoms with Crippen molar-refractivity contribution in [3.63, 3.8) is 0 Å². The minimum Gasteiger partial charge on any atom is -0.310 e. The van der Waals surface area contributed by atoms with Gasteiger partial charge < -0.3 is 5.32 Å². The van der Waals surface area contributed by atoms with Crippen LogP contribution in [0, 0.1) is 5.82 Å². The van der Waals surface area contributed by atoms with Crippen LogP contribution in [0.3, 0.4) is 0 Å². The maximum Gasteiger partial charge on any atom is 0.329 e. The zero-order chi connectivity index (χ0) is 18.4. The molecule has 0 radical (unpaired) electrons. The highest BCUT2D eigenvalue weighted by Crippen LogP contribution is 2.33. The Balaban J connectivity index is 1.79. The Labute approximate surface area is 149 Å². The van der Waals surface area contributed by atoms with Crippen LogP contribution >= 0.6 is 0 Å². The minimum absolute atomic E-state index is 0.197. The summed E-state index contributed by atoms with van der Waals surface area (Å²) in [5.41, 5.74) is 2.28. The highest BCUT2D eigenvalue weighted by molar-refractivity contribution is 6.09. The molecule has 8 heteroatoms. The van der Waals surface area contributed by atoms with Gasteiger partial charge in [0, 0.05) is 43.5 Å². The fraction of sp³-hybridized carbons (Fsp3) is 0.389. The van der Waals surface area contributed by atoms with Crippen LogP contribution in [0.2, 0.25) is 0 Å². The number of anilines is 1. The van der Waals surface area contributed by atoms with Crippen LogP contribution < -0.4 is 15.5 Å². The van der Waals surface area contributed by atoms with Crippen LogP contribution in [0.4, 0.5) is 15.0 Å². The average Bonchev–Trinajstić information content (AvgIpc) is 2.90. The second-order valence-corrected chi connectivity index (χ2v) is 6.79. The fourth-order valence-corrected chi connectivity index (χ4v) is 3.56. The molecule has 2 aliphatic heterocycles. The SMILES string of the molecule is C[C@@H]1CC(c2cc3c(cc2F)c(N2CCC(=O)NC2=O)nn3C)=CCN1. The van der Waals surface area contributed by atoms with E-state index < -0.39 is 6.03 Å². The Morgan fingerprint density at radius 3 is 2.85 bits per heavy atom. The van der Waals surface area contributed by atoms with Crippen LogP contribution in [-0.4, -0.2) is 40.9 Å². The lowest BCUT2D eigenvalue weighted by Gasteiger charge is -2.24. The van der Waals surface area contributed by atoms with E-state index in [0.717, 1.165) is 17.5 Å². The van der Waals surface area contributed by atoms with Gasteiger partial charge in [0.2, 0.25) is 5.91 Å². The van der Waals surface area contributed by atoms with E-state index in [0.29, 0.717) is 29.4 Å². The number of hydrogen-bond acceptors (Lipinski definition) is 4. The molecule has 0 saturated carbocycles. The highest BCUT2D eigenvalue weighted by atomic mass is 19.1. The monoisotopic (exact) mass is 357 g/mol. The molecule has 7 nitrogen and oxygen atoms in total. The van der Waals surface area contributed by atoms with E-state index in [2.05, 4.69) is 22.7 Å². The van der Waals surface area contributed by atoms with Crippen molar-refractivity contribution in [2.75, 3.05) is 18.0 Å². The zero-order valence-corrected chi connectivity index (χ0v) is 14.7. The number of fused-ring (bicyclic) bond motifs is 1. The molecular formula is C18H20FN5O2. The number of carbonyl (C=O) groups excluding carboxylic acids is 2. The molecule has 0 spiro atoms. The van der Waals surface area contributed by atoms with E-state index in [4.69, 9.17) is 0 Å². The number of urea groups is 1. The number of benzene rings is 1. The summed E-state index contributed by atoms with van der Waals surface area (Å²) in [4.78, 5) is 24.9. The molecular weight excluding hydrogens is 337 g/mol. The maximum absolute atomic E-state index is 14.9. The highest BCUT2D eigenvalue weighted by Gasteiger charge is 2.28. The molecule has 2 N–H and O–H groups in total. The molecule has 2 aromatic rings. The molecule has 3 heterocycles. The summed E-state index contributed by atoms with van der Waals surface area (Å²) in [6.07, 6.45) is 2.96. The number of aromatic nitrogens is 2. The number of aryl methyl sites for hydroxylation is 1. The van der Waals surface area contributed by atoms with Gasteiger partial charge in [0.05, 0.1) is 5.52 Å². The Morgan fingerprint density at radius 2 is 2.12 bits per heavy atom. The third kappa shape index (κ3) is 2.76. The van der Waals surface area contributed by atoms with Gasteiger partial charge in [-0.2, -0.15) is 5.10 Å². The van der Waals surface area contributed by atoms with Crippen molar-refractivity contribution in [3.8, 4) is 0 Å². The van der Waals surface area contributed by atoms with Crippen molar-refractivity contribution in [1.82, 2.24) is 20.4 Å². The Bertz CT molecular complexity index is 949. The van der Waals surface area contributed by atoms with Gasteiger partial charge in [-0.15, -0.1) is 0 Å². The van der Waals surface area contributed by atoms with Crippen LogP contribution in [0.5, 0.6) is 0 Å². The van der Waals surface area contributed by atoms with Gasteiger partial charge in [0.15, 0.2) is 5.82 Å². The summed E-state index contributed by atoms with van der Waals surface area (Å²) in [5, 5.41) is 10.5. The number of nitrogens with zero attached hydrogens (tertiary/aromatic N) is 3. The predicted molar refractivity (Wildman–Crippen MR) is 96.2 cm³/mol. The smallest absolute Gasteiger partial charge is 0.310 e. The number of nitrogens with one attached hydrogen (secondary N) is 2. The third-order valence-electron chi connectivity index (χ3n) is 4.92. The second-order valence-electron chi connectivity index (χ2n) is 6.79. The average molecular weight is 357 g/mol. The van der Waals surface area contributed by atoms with Crippen LogP contribution in [0.1, 0.15) is 25.3 Å². The summed E-state index contributed by atoms with van der Waals surface area (Å²) >= 11 is 0. The maximum atomic E-state index is 14.9. The lowest BCUT2D eigenvalue weighted by atomic mass is 9.95. The van der Waals surface area contributed by atoms with E-state index in [9.17, 15) is 14.0 Å².